The Kier molecular flexibility index (Phi) is 3.50. The van der Waals surface area contributed by atoms with E-state index < -0.39 is 5.97 Å². The van der Waals surface area contributed by atoms with Gasteiger partial charge < -0.3 is 15.0 Å². The van der Waals surface area contributed by atoms with Crippen LogP contribution in [0.25, 0.3) is 0 Å². The van der Waals surface area contributed by atoms with Crippen molar-refractivity contribution < 1.29 is 9.90 Å². The molecule has 0 unspecified atom stereocenters. The second-order valence-corrected chi connectivity index (χ2v) is 4.38. The predicted octanol–water partition coefficient (Wildman–Crippen LogP) is 1.74. The average molecular weight is 260 g/mol. The first-order valence-corrected chi connectivity index (χ1v) is 5.90. The number of hydrogen-bond donors (Lipinski definition) is 2. The number of imidazole rings is 1. The lowest BCUT2D eigenvalue weighted by Crippen LogP contribution is -2.12. The first-order chi connectivity index (χ1) is 8.99. The molecule has 19 heavy (non-hydrogen) atoms. The summed E-state index contributed by atoms with van der Waals surface area (Å²) in [4.78, 5) is 19.6. The van der Waals surface area contributed by atoms with Gasteiger partial charge >= 0.3 is 5.97 Å². The molecule has 0 spiro atoms. The van der Waals surface area contributed by atoms with Crippen LogP contribution in [-0.2, 0) is 13.6 Å². The van der Waals surface area contributed by atoms with Gasteiger partial charge in [0.05, 0.1) is 17.9 Å². The van der Waals surface area contributed by atoms with E-state index in [0.29, 0.717) is 17.9 Å². The third-order valence-electron chi connectivity index (χ3n) is 2.90. The van der Waals surface area contributed by atoms with Crippen molar-refractivity contribution in [2.75, 3.05) is 5.32 Å². The summed E-state index contributed by atoms with van der Waals surface area (Å²) in [6, 6.07) is 1.74. The van der Waals surface area contributed by atoms with E-state index in [1.807, 2.05) is 24.7 Å². The zero-order valence-electron chi connectivity index (χ0n) is 11.1. The third kappa shape index (κ3) is 2.73. The Bertz CT molecular complexity index is 619. The Hall–Kier alpha value is -2.37. The van der Waals surface area contributed by atoms with Gasteiger partial charge in [0, 0.05) is 25.1 Å². The van der Waals surface area contributed by atoms with E-state index >= 15 is 0 Å². The van der Waals surface area contributed by atoms with Gasteiger partial charge in [-0.15, -0.1) is 0 Å². The van der Waals surface area contributed by atoms with Crippen molar-refractivity contribution in [2.45, 2.75) is 20.4 Å². The molecule has 0 aliphatic carbocycles. The van der Waals surface area contributed by atoms with Crippen LogP contribution in [0.15, 0.2) is 18.5 Å². The summed E-state index contributed by atoms with van der Waals surface area (Å²) in [6.45, 7) is 4.00. The topological polar surface area (TPSA) is 80.0 Å². The molecule has 0 radical (unpaired) electrons. The molecule has 2 heterocycles. The summed E-state index contributed by atoms with van der Waals surface area (Å²) >= 11 is 0. The zero-order chi connectivity index (χ0) is 14.0. The maximum atomic E-state index is 11.3. The summed E-state index contributed by atoms with van der Waals surface area (Å²) in [5.41, 5.74) is 2.07. The van der Waals surface area contributed by atoms with Gasteiger partial charge in [-0.05, 0) is 19.9 Å². The fourth-order valence-electron chi connectivity index (χ4n) is 1.98. The number of carboxylic acids is 1. The highest BCUT2D eigenvalue weighted by Crippen LogP contribution is 2.20. The second-order valence-electron chi connectivity index (χ2n) is 4.38. The van der Waals surface area contributed by atoms with Gasteiger partial charge in [0.15, 0.2) is 0 Å². The summed E-state index contributed by atoms with van der Waals surface area (Å²) in [5.74, 6) is -0.143. The van der Waals surface area contributed by atoms with Crippen LogP contribution in [0.4, 0.5) is 5.69 Å². The molecule has 0 saturated carbocycles. The number of pyridine rings is 1. The summed E-state index contributed by atoms with van der Waals surface area (Å²) in [6.07, 6.45) is 3.55. The maximum absolute atomic E-state index is 11.3. The third-order valence-corrected chi connectivity index (χ3v) is 2.90. The van der Waals surface area contributed by atoms with Gasteiger partial charge in [-0.25, -0.2) is 9.78 Å². The highest BCUT2D eigenvalue weighted by molar-refractivity contribution is 5.95. The summed E-state index contributed by atoms with van der Waals surface area (Å²) < 4.78 is 1.88. The molecule has 0 bridgehead atoms. The minimum atomic E-state index is -0.979. The standard InChI is InChI=1S/C13H16N4O2/c1-8-6-10(12(13(18)19)9(2)16-8)15-7-11-14-4-5-17(11)3/h4-6H,7H2,1-3H3,(H,15,16)(H,18,19). The number of nitrogens with zero attached hydrogens (tertiary/aromatic N) is 3. The molecule has 6 nitrogen and oxygen atoms in total. The lowest BCUT2D eigenvalue weighted by atomic mass is 10.1. The normalized spacial score (nSPS) is 10.5. The minimum absolute atomic E-state index is 0.208. The van der Waals surface area contributed by atoms with E-state index in [1.165, 1.54) is 0 Å². The van der Waals surface area contributed by atoms with Gasteiger partial charge in [-0.3, -0.25) is 4.98 Å². The van der Waals surface area contributed by atoms with Crippen molar-refractivity contribution >= 4 is 11.7 Å². The van der Waals surface area contributed by atoms with Gasteiger partial charge in [0.25, 0.3) is 0 Å². The average Bonchev–Trinajstić information content (AvgIpc) is 2.70. The lowest BCUT2D eigenvalue weighted by molar-refractivity contribution is 0.0696. The predicted molar refractivity (Wildman–Crippen MR) is 71.2 cm³/mol. The van der Waals surface area contributed by atoms with Crippen molar-refractivity contribution in [3.05, 3.63) is 41.2 Å². The molecule has 6 heteroatoms. The van der Waals surface area contributed by atoms with Crippen LogP contribution < -0.4 is 5.32 Å². The molecule has 0 amide bonds. The summed E-state index contributed by atoms with van der Waals surface area (Å²) in [7, 11) is 1.89. The molecule has 0 fully saturated rings. The van der Waals surface area contributed by atoms with Crippen molar-refractivity contribution in [3.63, 3.8) is 0 Å². The Morgan fingerprint density at radius 1 is 1.47 bits per heavy atom. The smallest absolute Gasteiger partial charge is 0.339 e. The van der Waals surface area contributed by atoms with Gasteiger partial charge in [0.2, 0.25) is 0 Å². The Morgan fingerprint density at radius 3 is 2.79 bits per heavy atom. The van der Waals surface area contributed by atoms with Gasteiger partial charge in [0.1, 0.15) is 11.4 Å². The number of aromatic carboxylic acids is 1. The van der Waals surface area contributed by atoms with E-state index in [0.717, 1.165) is 11.5 Å². The molecule has 0 aromatic carbocycles. The molecule has 0 atom stereocenters. The Balaban J connectivity index is 2.29. The van der Waals surface area contributed by atoms with Crippen molar-refractivity contribution in [1.82, 2.24) is 14.5 Å². The number of anilines is 1. The first kappa shape index (κ1) is 13.1. The van der Waals surface area contributed by atoms with Crippen molar-refractivity contribution in [1.29, 1.82) is 0 Å². The number of hydrogen-bond acceptors (Lipinski definition) is 4. The minimum Gasteiger partial charge on any atom is -0.478 e. The zero-order valence-corrected chi connectivity index (χ0v) is 11.1. The van der Waals surface area contributed by atoms with E-state index in [-0.39, 0.29) is 5.56 Å². The maximum Gasteiger partial charge on any atom is 0.339 e. The number of aromatic nitrogens is 3. The van der Waals surface area contributed by atoms with Gasteiger partial charge in [-0.1, -0.05) is 0 Å². The van der Waals surface area contributed by atoms with Crippen LogP contribution in [0.3, 0.4) is 0 Å². The monoisotopic (exact) mass is 260 g/mol. The highest BCUT2D eigenvalue weighted by atomic mass is 16.4. The highest BCUT2D eigenvalue weighted by Gasteiger charge is 2.15. The molecular formula is C13H16N4O2. The molecule has 2 aromatic rings. The second kappa shape index (κ2) is 5.09. The molecule has 2 N–H and O–H groups in total. The SMILES string of the molecule is Cc1cc(NCc2nccn2C)c(C(=O)O)c(C)n1. The molecular weight excluding hydrogens is 244 g/mol. The number of aryl methyl sites for hydroxylation is 3. The number of rotatable bonds is 4. The molecule has 2 aromatic heterocycles. The number of carbonyl (C=O) groups is 1. The molecule has 2 rings (SSSR count). The van der Waals surface area contributed by atoms with Crippen LogP contribution >= 0.6 is 0 Å². The first-order valence-electron chi connectivity index (χ1n) is 5.90. The van der Waals surface area contributed by atoms with Crippen LogP contribution in [0.5, 0.6) is 0 Å². The van der Waals surface area contributed by atoms with Crippen molar-refractivity contribution in [3.8, 4) is 0 Å². The Labute approximate surface area is 111 Å². The fourth-order valence-corrected chi connectivity index (χ4v) is 1.98. The van der Waals surface area contributed by atoms with Gasteiger partial charge in [-0.2, -0.15) is 0 Å². The van der Waals surface area contributed by atoms with E-state index in [4.69, 9.17) is 0 Å². The lowest BCUT2D eigenvalue weighted by Gasteiger charge is -2.12. The molecule has 0 saturated heterocycles. The largest absolute Gasteiger partial charge is 0.478 e. The molecule has 0 aliphatic heterocycles. The van der Waals surface area contributed by atoms with E-state index in [1.54, 1.807) is 19.2 Å². The number of carboxylic acid groups (broad SMARTS) is 1. The molecule has 0 aliphatic rings. The van der Waals surface area contributed by atoms with E-state index in [9.17, 15) is 9.90 Å². The van der Waals surface area contributed by atoms with Crippen LogP contribution in [0, 0.1) is 13.8 Å². The quantitative estimate of drug-likeness (QED) is 0.875. The van der Waals surface area contributed by atoms with Crippen molar-refractivity contribution in [2.24, 2.45) is 7.05 Å². The summed E-state index contributed by atoms with van der Waals surface area (Å²) in [5, 5.41) is 12.4. The number of nitrogens with one attached hydrogen (secondary N) is 1. The Morgan fingerprint density at radius 2 is 2.21 bits per heavy atom. The fraction of sp³-hybridized carbons (Fsp3) is 0.308. The van der Waals surface area contributed by atoms with E-state index in [2.05, 4.69) is 15.3 Å². The van der Waals surface area contributed by atoms with Crippen LogP contribution in [0.2, 0.25) is 0 Å². The van der Waals surface area contributed by atoms with Crippen LogP contribution in [0.1, 0.15) is 27.6 Å². The van der Waals surface area contributed by atoms with Crippen LogP contribution in [-0.4, -0.2) is 25.6 Å². The molecule has 100 valence electrons.